The molecule has 0 unspecified atom stereocenters. The van der Waals surface area contributed by atoms with Crippen LogP contribution in [0.3, 0.4) is 0 Å². The van der Waals surface area contributed by atoms with Gasteiger partial charge in [-0.25, -0.2) is 4.79 Å². The molecule has 1 saturated heterocycles. The molecule has 0 saturated carbocycles. The highest BCUT2D eigenvalue weighted by atomic mass is 16.5. The summed E-state index contributed by atoms with van der Waals surface area (Å²) >= 11 is 0. The van der Waals surface area contributed by atoms with Gasteiger partial charge in [-0.2, -0.15) is 0 Å². The minimum Gasteiger partial charge on any atom is -0.492 e. The number of hydrogen-bond donors (Lipinski definition) is 2. The van der Waals surface area contributed by atoms with Gasteiger partial charge in [-0.15, -0.1) is 0 Å². The summed E-state index contributed by atoms with van der Waals surface area (Å²) in [5, 5.41) is 4.20. The Labute approximate surface area is 142 Å². The molecular weight excluding hydrogens is 306 g/mol. The van der Waals surface area contributed by atoms with E-state index in [1.807, 2.05) is 32.0 Å². The molecule has 2 aromatic rings. The van der Waals surface area contributed by atoms with Gasteiger partial charge in [0.25, 0.3) is 0 Å². The van der Waals surface area contributed by atoms with Crippen LogP contribution in [0.15, 0.2) is 18.2 Å². The molecule has 6 nitrogen and oxygen atoms in total. The molecule has 130 valence electrons. The van der Waals surface area contributed by atoms with Gasteiger partial charge in [0.2, 0.25) is 0 Å². The van der Waals surface area contributed by atoms with Crippen LogP contribution in [0.4, 0.5) is 0 Å². The molecule has 2 N–H and O–H groups in total. The monoisotopic (exact) mass is 331 g/mol. The average molecular weight is 331 g/mol. The smallest absolute Gasteiger partial charge is 0.340 e. The van der Waals surface area contributed by atoms with Crippen molar-refractivity contribution in [1.82, 2.24) is 15.2 Å². The predicted octanol–water partition coefficient (Wildman–Crippen LogP) is 1.94. The van der Waals surface area contributed by atoms with Gasteiger partial charge in [0, 0.05) is 49.3 Å². The molecule has 24 heavy (non-hydrogen) atoms. The van der Waals surface area contributed by atoms with E-state index in [1.165, 1.54) is 0 Å². The summed E-state index contributed by atoms with van der Waals surface area (Å²) in [6, 6.07) is 5.80. The fourth-order valence-corrected chi connectivity index (χ4v) is 3.09. The van der Waals surface area contributed by atoms with Crippen LogP contribution < -0.4 is 10.1 Å². The second kappa shape index (κ2) is 7.68. The lowest BCUT2D eigenvalue weighted by atomic mass is 10.1. The zero-order valence-electron chi connectivity index (χ0n) is 14.4. The van der Waals surface area contributed by atoms with Crippen molar-refractivity contribution < 1.29 is 14.3 Å². The number of nitrogens with one attached hydrogen (secondary N) is 2. The van der Waals surface area contributed by atoms with Gasteiger partial charge in [0.15, 0.2) is 0 Å². The number of carbonyl (C=O) groups is 1. The van der Waals surface area contributed by atoms with Gasteiger partial charge >= 0.3 is 5.97 Å². The van der Waals surface area contributed by atoms with Gasteiger partial charge < -0.3 is 19.8 Å². The molecule has 1 aliphatic rings. The zero-order valence-corrected chi connectivity index (χ0v) is 14.4. The molecular formula is C18H25N3O3. The number of hydrogen-bond acceptors (Lipinski definition) is 5. The summed E-state index contributed by atoms with van der Waals surface area (Å²) in [4.78, 5) is 17.8. The van der Waals surface area contributed by atoms with E-state index in [2.05, 4.69) is 15.2 Å². The highest BCUT2D eigenvalue weighted by molar-refractivity contribution is 6.05. The van der Waals surface area contributed by atoms with Gasteiger partial charge in [-0.05, 0) is 32.0 Å². The second-order valence-corrected chi connectivity index (χ2v) is 5.99. The van der Waals surface area contributed by atoms with Crippen molar-refractivity contribution in [3.8, 4) is 5.75 Å². The van der Waals surface area contributed by atoms with E-state index in [4.69, 9.17) is 9.47 Å². The van der Waals surface area contributed by atoms with Crippen molar-refractivity contribution in [2.24, 2.45) is 0 Å². The maximum absolute atomic E-state index is 12.2. The molecule has 0 amide bonds. The maximum Gasteiger partial charge on any atom is 0.340 e. The fraction of sp³-hybridized carbons (Fsp3) is 0.500. The standard InChI is InChI=1S/C18H25N3O3/c1-3-23-18(22)17-13(2)20-16-5-4-14(12-15(16)17)24-11-10-21-8-6-19-7-9-21/h4-5,12,19-20H,3,6-11H2,1-2H3. The lowest BCUT2D eigenvalue weighted by Gasteiger charge is -2.26. The van der Waals surface area contributed by atoms with E-state index in [0.717, 1.165) is 55.1 Å². The SMILES string of the molecule is CCOC(=O)c1c(C)[nH]c2ccc(OCCN3CCNCC3)cc12. The van der Waals surface area contributed by atoms with Crippen molar-refractivity contribution >= 4 is 16.9 Å². The van der Waals surface area contributed by atoms with Gasteiger partial charge in [-0.3, -0.25) is 4.90 Å². The van der Waals surface area contributed by atoms with Crippen molar-refractivity contribution in [2.75, 3.05) is 45.9 Å². The second-order valence-electron chi connectivity index (χ2n) is 5.99. The number of aryl methyl sites for hydroxylation is 1. The first-order chi connectivity index (χ1) is 11.7. The Kier molecular flexibility index (Phi) is 5.37. The van der Waals surface area contributed by atoms with E-state index in [1.54, 1.807) is 0 Å². The molecule has 0 atom stereocenters. The Morgan fingerprint density at radius 2 is 2.08 bits per heavy atom. The highest BCUT2D eigenvalue weighted by Crippen LogP contribution is 2.27. The molecule has 0 bridgehead atoms. The Hall–Kier alpha value is -2.05. The Morgan fingerprint density at radius 3 is 2.83 bits per heavy atom. The third-order valence-corrected chi connectivity index (χ3v) is 4.32. The third kappa shape index (κ3) is 3.71. The number of rotatable bonds is 6. The van der Waals surface area contributed by atoms with Gasteiger partial charge in [-0.1, -0.05) is 0 Å². The molecule has 0 aliphatic carbocycles. The van der Waals surface area contributed by atoms with E-state index in [9.17, 15) is 4.79 Å². The van der Waals surface area contributed by atoms with Crippen molar-refractivity contribution in [3.05, 3.63) is 29.5 Å². The average Bonchev–Trinajstić information content (AvgIpc) is 2.91. The summed E-state index contributed by atoms with van der Waals surface area (Å²) in [5.74, 6) is 0.487. The molecule has 3 rings (SSSR count). The minimum atomic E-state index is -0.292. The van der Waals surface area contributed by atoms with Crippen LogP contribution in [-0.2, 0) is 4.74 Å². The number of esters is 1. The number of H-pyrrole nitrogens is 1. The van der Waals surface area contributed by atoms with E-state index < -0.39 is 0 Å². The Morgan fingerprint density at radius 1 is 1.29 bits per heavy atom. The van der Waals surface area contributed by atoms with Crippen LogP contribution in [0.5, 0.6) is 5.75 Å². The van der Waals surface area contributed by atoms with Crippen LogP contribution in [-0.4, -0.2) is 61.8 Å². The largest absolute Gasteiger partial charge is 0.492 e. The first-order valence-electron chi connectivity index (χ1n) is 8.54. The summed E-state index contributed by atoms with van der Waals surface area (Å²) in [7, 11) is 0. The molecule has 1 fully saturated rings. The maximum atomic E-state index is 12.2. The molecule has 0 spiro atoms. The third-order valence-electron chi connectivity index (χ3n) is 4.32. The van der Waals surface area contributed by atoms with Crippen molar-refractivity contribution in [3.63, 3.8) is 0 Å². The number of aromatic amines is 1. The van der Waals surface area contributed by atoms with E-state index >= 15 is 0 Å². The summed E-state index contributed by atoms with van der Waals surface area (Å²) in [6.07, 6.45) is 0. The number of fused-ring (bicyclic) bond motifs is 1. The summed E-state index contributed by atoms with van der Waals surface area (Å²) in [5.41, 5.74) is 2.34. The van der Waals surface area contributed by atoms with Crippen molar-refractivity contribution in [1.29, 1.82) is 0 Å². The Bertz CT molecular complexity index is 705. The summed E-state index contributed by atoms with van der Waals surface area (Å²) in [6.45, 7) is 9.82. The topological polar surface area (TPSA) is 66.6 Å². The van der Waals surface area contributed by atoms with Crippen LogP contribution in [0.25, 0.3) is 10.9 Å². The van der Waals surface area contributed by atoms with Crippen LogP contribution in [0.1, 0.15) is 23.0 Å². The Balaban J connectivity index is 1.70. The van der Waals surface area contributed by atoms with Crippen LogP contribution in [0, 0.1) is 6.92 Å². The number of piperazine rings is 1. The van der Waals surface area contributed by atoms with E-state index in [0.29, 0.717) is 18.8 Å². The van der Waals surface area contributed by atoms with E-state index in [-0.39, 0.29) is 5.97 Å². The predicted molar refractivity (Wildman–Crippen MR) is 93.8 cm³/mol. The van der Waals surface area contributed by atoms with Crippen LogP contribution in [0.2, 0.25) is 0 Å². The van der Waals surface area contributed by atoms with Gasteiger partial charge in [0.05, 0.1) is 12.2 Å². The normalized spacial score (nSPS) is 15.6. The fourth-order valence-electron chi connectivity index (χ4n) is 3.09. The van der Waals surface area contributed by atoms with Crippen LogP contribution >= 0.6 is 0 Å². The number of benzene rings is 1. The minimum absolute atomic E-state index is 0.292. The molecule has 2 heterocycles. The molecule has 1 aliphatic heterocycles. The van der Waals surface area contributed by atoms with Crippen molar-refractivity contribution in [2.45, 2.75) is 13.8 Å². The molecule has 6 heteroatoms. The quantitative estimate of drug-likeness (QED) is 0.792. The van der Waals surface area contributed by atoms with Gasteiger partial charge in [0.1, 0.15) is 12.4 Å². The number of nitrogens with zero attached hydrogens (tertiary/aromatic N) is 1. The number of aromatic nitrogens is 1. The first-order valence-corrected chi connectivity index (χ1v) is 8.54. The number of carbonyl (C=O) groups excluding carboxylic acids is 1. The number of ether oxygens (including phenoxy) is 2. The molecule has 1 aromatic carbocycles. The zero-order chi connectivity index (χ0) is 16.9. The lowest BCUT2D eigenvalue weighted by molar-refractivity contribution is 0.0528. The first kappa shape index (κ1) is 16.8. The lowest BCUT2D eigenvalue weighted by Crippen LogP contribution is -2.44. The highest BCUT2D eigenvalue weighted by Gasteiger charge is 2.17. The molecule has 0 radical (unpaired) electrons. The molecule has 1 aromatic heterocycles. The summed E-state index contributed by atoms with van der Waals surface area (Å²) < 4.78 is 11.1.